The zero-order chi connectivity index (χ0) is 16.4. The first-order valence-corrected chi connectivity index (χ1v) is 7.75. The second-order valence-electron chi connectivity index (χ2n) is 5.27. The van der Waals surface area contributed by atoms with Crippen LogP contribution in [0.2, 0.25) is 10.0 Å². The van der Waals surface area contributed by atoms with Crippen LogP contribution in [0, 0.1) is 0 Å². The van der Waals surface area contributed by atoms with Gasteiger partial charge in [-0.25, -0.2) is 0 Å². The molecule has 1 atom stereocenters. The van der Waals surface area contributed by atoms with Crippen LogP contribution < -0.4 is 5.32 Å². The van der Waals surface area contributed by atoms with Crippen LogP contribution >= 0.6 is 23.2 Å². The topological polar surface area (TPSA) is 66.5 Å². The Kier molecular flexibility index (Phi) is 5.08. The number of carbonyl (C=O) groups excluding carboxylic acids is 3. The number of halogens is 2. The molecule has 0 radical (unpaired) electrons. The minimum atomic E-state index is -0.531. The van der Waals surface area contributed by atoms with Crippen molar-refractivity contribution in [3.8, 4) is 0 Å². The van der Waals surface area contributed by atoms with Crippen molar-refractivity contribution in [2.75, 3.05) is 6.54 Å². The number of nitrogens with one attached hydrogen (secondary N) is 1. The van der Waals surface area contributed by atoms with E-state index in [-0.39, 0.29) is 39.7 Å². The lowest BCUT2D eigenvalue weighted by Gasteiger charge is -2.17. The molecule has 0 aliphatic carbocycles. The molecule has 1 aliphatic rings. The number of amides is 3. The zero-order valence-electron chi connectivity index (χ0n) is 12.3. The van der Waals surface area contributed by atoms with Crippen molar-refractivity contribution in [2.45, 2.75) is 32.7 Å². The molecule has 7 heteroatoms. The SMILES string of the molecule is CCC[C@H](C)NC(=O)CN1C(=O)c2cc(Cl)c(Cl)cc2C1=O. The highest BCUT2D eigenvalue weighted by atomic mass is 35.5. The van der Waals surface area contributed by atoms with Gasteiger partial charge >= 0.3 is 0 Å². The van der Waals surface area contributed by atoms with E-state index in [1.807, 2.05) is 13.8 Å². The molecule has 0 aromatic heterocycles. The number of carbonyl (C=O) groups is 3. The van der Waals surface area contributed by atoms with Crippen molar-refractivity contribution in [1.29, 1.82) is 0 Å². The summed E-state index contributed by atoms with van der Waals surface area (Å²) in [5, 5.41) is 3.16. The lowest BCUT2D eigenvalue weighted by atomic mass is 10.1. The second kappa shape index (κ2) is 6.67. The molecule has 2 rings (SSSR count). The van der Waals surface area contributed by atoms with Crippen molar-refractivity contribution in [2.24, 2.45) is 0 Å². The van der Waals surface area contributed by atoms with Gasteiger partial charge in [0, 0.05) is 6.04 Å². The molecule has 0 spiro atoms. The number of hydrogen-bond acceptors (Lipinski definition) is 3. The summed E-state index contributed by atoms with van der Waals surface area (Å²) in [6.07, 6.45) is 1.77. The van der Waals surface area contributed by atoms with Gasteiger partial charge < -0.3 is 5.32 Å². The normalized spacial score (nSPS) is 15.0. The van der Waals surface area contributed by atoms with Gasteiger partial charge in [-0.05, 0) is 25.5 Å². The third kappa shape index (κ3) is 3.25. The molecular weight excluding hydrogens is 327 g/mol. The number of rotatable bonds is 5. The lowest BCUT2D eigenvalue weighted by molar-refractivity contribution is -0.122. The van der Waals surface area contributed by atoms with E-state index < -0.39 is 11.8 Å². The van der Waals surface area contributed by atoms with E-state index in [1.165, 1.54) is 12.1 Å². The van der Waals surface area contributed by atoms with E-state index in [0.717, 1.165) is 17.7 Å². The van der Waals surface area contributed by atoms with Gasteiger partial charge in [0.15, 0.2) is 0 Å². The van der Waals surface area contributed by atoms with Crippen LogP contribution in [0.15, 0.2) is 12.1 Å². The monoisotopic (exact) mass is 342 g/mol. The van der Waals surface area contributed by atoms with Gasteiger partial charge in [0.05, 0.1) is 21.2 Å². The average molecular weight is 343 g/mol. The minimum Gasteiger partial charge on any atom is -0.352 e. The third-order valence-corrected chi connectivity index (χ3v) is 4.16. The molecule has 1 N–H and O–H groups in total. The molecule has 0 saturated carbocycles. The van der Waals surface area contributed by atoms with Crippen LogP contribution in [0.1, 0.15) is 47.4 Å². The average Bonchev–Trinajstić information content (AvgIpc) is 2.65. The standard InChI is InChI=1S/C15H16Cl2N2O3/c1-3-4-8(2)18-13(20)7-19-14(21)9-5-11(16)12(17)6-10(9)15(19)22/h5-6,8H,3-4,7H2,1-2H3,(H,18,20)/t8-/m0/s1. The van der Waals surface area contributed by atoms with Gasteiger partial charge in [0.1, 0.15) is 6.54 Å². The number of nitrogens with zero attached hydrogens (tertiary/aromatic N) is 1. The van der Waals surface area contributed by atoms with Crippen LogP contribution in [0.5, 0.6) is 0 Å². The van der Waals surface area contributed by atoms with E-state index in [4.69, 9.17) is 23.2 Å². The summed E-state index contributed by atoms with van der Waals surface area (Å²) in [4.78, 5) is 37.3. The molecule has 1 aromatic carbocycles. The van der Waals surface area contributed by atoms with E-state index >= 15 is 0 Å². The molecular formula is C15H16Cl2N2O3. The third-order valence-electron chi connectivity index (χ3n) is 3.44. The Balaban J connectivity index is 2.13. The highest BCUT2D eigenvalue weighted by Crippen LogP contribution is 2.31. The van der Waals surface area contributed by atoms with Gasteiger partial charge in [-0.2, -0.15) is 0 Å². The number of benzene rings is 1. The van der Waals surface area contributed by atoms with E-state index in [0.29, 0.717) is 0 Å². The first-order valence-electron chi connectivity index (χ1n) is 6.99. The molecule has 5 nitrogen and oxygen atoms in total. The fourth-order valence-corrected chi connectivity index (χ4v) is 2.72. The summed E-state index contributed by atoms with van der Waals surface area (Å²) < 4.78 is 0. The summed E-state index contributed by atoms with van der Waals surface area (Å²) in [7, 11) is 0. The van der Waals surface area contributed by atoms with Crippen molar-refractivity contribution >= 4 is 40.9 Å². The first kappa shape index (κ1) is 16.8. The largest absolute Gasteiger partial charge is 0.352 e. The van der Waals surface area contributed by atoms with Gasteiger partial charge in [-0.15, -0.1) is 0 Å². The van der Waals surface area contributed by atoms with Crippen LogP contribution in [0.25, 0.3) is 0 Å². The number of imide groups is 1. The van der Waals surface area contributed by atoms with E-state index in [9.17, 15) is 14.4 Å². The molecule has 1 aromatic rings. The fourth-order valence-electron chi connectivity index (χ4n) is 2.40. The van der Waals surface area contributed by atoms with Gasteiger partial charge in [-0.1, -0.05) is 36.5 Å². The quantitative estimate of drug-likeness (QED) is 0.836. The summed E-state index contributed by atoms with van der Waals surface area (Å²) in [5.74, 6) is -1.43. The number of hydrogen-bond donors (Lipinski definition) is 1. The summed E-state index contributed by atoms with van der Waals surface area (Å²) in [6, 6.07) is 2.71. The Bertz CT molecular complexity index is 605. The second-order valence-corrected chi connectivity index (χ2v) is 6.08. The first-order chi connectivity index (χ1) is 10.3. The predicted octanol–water partition coefficient (Wildman–Crippen LogP) is 2.89. The predicted molar refractivity (Wildman–Crippen MR) is 84.3 cm³/mol. The van der Waals surface area contributed by atoms with Crippen molar-refractivity contribution in [1.82, 2.24) is 10.2 Å². The Hall–Kier alpha value is -1.59. The molecule has 0 bridgehead atoms. The van der Waals surface area contributed by atoms with Gasteiger partial charge in [0.25, 0.3) is 11.8 Å². The molecule has 0 unspecified atom stereocenters. The van der Waals surface area contributed by atoms with E-state index in [2.05, 4.69) is 5.32 Å². The smallest absolute Gasteiger partial charge is 0.262 e. The van der Waals surface area contributed by atoms with Crippen molar-refractivity contribution < 1.29 is 14.4 Å². The van der Waals surface area contributed by atoms with Crippen LogP contribution in [-0.4, -0.2) is 35.2 Å². The van der Waals surface area contributed by atoms with Crippen molar-refractivity contribution in [3.05, 3.63) is 33.3 Å². The Morgan fingerprint density at radius 1 is 1.18 bits per heavy atom. The van der Waals surface area contributed by atoms with Crippen LogP contribution in [-0.2, 0) is 4.79 Å². The molecule has 0 fully saturated rings. The molecule has 1 aliphatic heterocycles. The number of fused-ring (bicyclic) bond motifs is 1. The Morgan fingerprint density at radius 3 is 2.14 bits per heavy atom. The highest BCUT2D eigenvalue weighted by molar-refractivity contribution is 6.43. The maximum Gasteiger partial charge on any atom is 0.262 e. The summed E-state index contributed by atoms with van der Waals surface area (Å²) >= 11 is 11.7. The Morgan fingerprint density at radius 2 is 1.68 bits per heavy atom. The minimum absolute atomic E-state index is 0.00317. The molecule has 3 amide bonds. The molecule has 1 heterocycles. The maximum absolute atomic E-state index is 12.2. The van der Waals surface area contributed by atoms with E-state index in [1.54, 1.807) is 0 Å². The highest BCUT2D eigenvalue weighted by Gasteiger charge is 2.37. The van der Waals surface area contributed by atoms with Gasteiger partial charge in [-0.3, -0.25) is 19.3 Å². The van der Waals surface area contributed by atoms with Gasteiger partial charge in [0.2, 0.25) is 5.91 Å². The Labute approximate surface area is 138 Å². The molecule has 22 heavy (non-hydrogen) atoms. The lowest BCUT2D eigenvalue weighted by Crippen LogP contribution is -2.43. The molecule has 0 saturated heterocycles. The fraction of sp³-hybridized carbons (Fsp3) is 0.400. The van der Waals surface area contributed by atoms with Crippen molar-refractivity contribution in [3.63, 3.8) is 0 Å². The maximum atomic E-state index is 12.2. The molecule has 118 valence electrons. The summed E-state index contributed by atoms with van der Waals surface area (Å²) in [6.45, 7) is 3.58. The summed E-state index contributed by atoms with van der Waals surface area (Å²) in [5.41, 5.74) is 0.350. The van der Waals surface area contributed by atoms with Crippen LogP contribution in [0.4, 0.5) is 0 Å². The van der Waals surface area contributed by atoms with Crippen LogP contribution in [0.3, 0.4) is 0 Å². The zero-order valence-corrected chi connectivity index (χ0v) is 13.8.